The fourth-order valence-corrected chi connectivity index (χ4v) is 2.84. The van der Waals surface area contributed by atoms with E-state index in [1.54, 1.807) is 30.3 Å². The molecule has 140 valence electrons. The van der Waals surface area contributed by atoms with Crippen molar-refractivity contribution in [3.63, 3.8) is 0 Å². The van der Waals surface area contributed by atoms with Gasteiger partial charge in [0.2, 0.25) is 11.9 Å². The Morgan fingerprint density at radius 3 is 2.85 bits per heavy atom. The van der Waals surface area contributed by atoms with Crippen molar-refractivity contribution < 1.29 is 9.18 Å². The second kappa shape index (κ2) is 8.88. The third-order valence-electron chi connectivity index (χ3n) is 3.73. The number of benzene rings is 2. The lowest BCUT2D eigenvalue weighted by atomic mass is 10.2. The first-order valence-corrected chi connectivity index (χ1v) is 9.18. The molecule has 3 N–H and O–H groups in total. The number of hydrogen-bond acceptors (Lipinski definition) is 5. The molecule has 0 saturated carbocycles. The highest BCUT2D eigenvalue weighted by atomic mass is 35.5. The Morgan fingerprint density at radius 1 is 1.26 bits per heavy atom. The second-order valence-corrected chi connectivity index (χ2v) is 6.52. The molecule has 0 unspecified atom stereocenters. The average molecular weight is 406 g/mol. The van der Waals surface area contributed by atoms with Crippen LogP contribution >= 0.6 is 24.2 Å². The summed E-state index contributed by atoms with van der Waals surface area (Å²) in [6.45, 7) is 0.155. The Bertz CT molecular complexity index is 929. The maximum Gasteiger partial charge on any atom is 0.242 e. The molecule has 3 rings (SSSR count). The van der Waals surface area contributed by atoms with Gasteiger partial charge in [0.15, 0.2) is 5.82 Å². The summed E-state index contributed by atoms with van der Waals surface area (Å²) in [6, 6.07) is 11.7. The lowest BCUT2D eigenvalue weighted by molar-refractivity contribution is -0.115. The van der Waals surface area contributed by atoms with E-state index in [1.165, 1.54) is 6.07 Å². The van der Waals surface area contributed by atoms with Crippen LogP contribution in [0.3, 0.4) is 0 Å². The highest BCUT2D eigenvalue weighted by Crippen LogP contribution is 2.22. The van der Waals surface area contributed by atoms with E-state index in [0.717, 1.165) is 5.56 Å². The summed E-state index contributed by atoms with van der Waals surface area (Å²) in [5.41, 5.74) is 1.76. The summed E-state index contributed by atoms with van der Waals surface area (Å²) < 4.78 is 13.8. The van der Waals surface area contributed by atoms with E-state index in [1.807, 2.05) is 6.07 Å². The van der Waals surface area contributed by atoms with Crippen LogP contribution in [-0.4, -0.2) is 26.8 Å². The monoisotopic (exact) mass is 405 g/mol. The molecule has 2 aromatic carbocycles. The van der Waals surface area contributed by atoms with Crippen molar-refractivity contribution in [1.82, 2.24) is 15.2 Å². The summed E-state index contributed by atoms with van der Waals surface area (Å²) >= 11 is 10.1. The quantitative estimate of drug-likeness (QED) is 0.445. The number of H-pyrrole nitrogens is 1. The van der Waals surface area contributed by atoms with Gasteiger partial charge in [-0.25, -0.2) is 4.39 Å². The van der Waals surface area contributed by atoms with Crippen LogP contribution in [0.1, 0.15) is 12.0 Å². The van der Waals surface area contributed by atoms with Gasteiger partial charge >= 0.3 is 0 Å². The van der Waals surface area contributed by atoms with E-state index in [0.29, 0.717) is 40.2 Å². The van der Waals surface area contributed by atoms with Crippen molar-refractivity contribution >= 4 is 41.8 Å². The van der Waals surface area contributed by atoms with Crippen LogP contribution in [0.2, 0.25) is 5.02 Å². The van der Waals surface area contributed by atoms with Gasteiger partial charge in [-0.3, -0.25) is 9.89 Å². The third-order valence-corrected chi connectivity index (χ3v) is 4.31. The van der Waals surface area contributed by atoms with E-state index in [4.69, 9.17) is 11.6 Å². The fraction of sp³-hybridized carbons (Fsp3) is 0.167. The van der Waals surface area contributed by atoms with Crippen LogP contribution < -0.4 is 10.6 Å². The molecule has 1 heterocycles. The van der Waals surface area contributed by atoms with E-state index in [-0.39, 0.29) is 12.5 Å². The topological polar surface area (TPSA) is 82.7 Å². The minimum Gasteiger partial charge on any atom is -0.349 e. The van der Waals surface area contributed by atoms with Crippen LogP contribution in [-0.2, 0) is 11.3 Å². The zero-order chi connectivity index (χ0) is 19.2. The Kier molecular flexibility index (Phi) is 6.31. The van der Waals surface area contributed by atoms with Gasteiger partial charge < -0.3 is 10.6 Å². The molecule has 6 nitrogen and oxygen atoms in total. The van der Waals surface area contributed by atoms with Gasteiger partial charge in [0.25, 0.3) is 0 Å². The van der Waals surface area contributed by atoms with Gasteiger partial charge in [-0.1, -0.05) is 29.8 Å². The van der Waals surface area contributed by atoms with Crippen LogP contribution in [0.4, 0.5) is 16.0 Å². The average Bonchev–Trinajstić information content (AvgIpc) is 3.11. The lowest BCUT2D eigenvalue weighted by Crippen LogP contribution is -2.11. The van der Waals surface area contributed by atoms with Gasteiger partial charge in [-0.05, 0) is 30.0 Å². The predicted octanol–water partition coefficient (Wildman–Crippen LogP) is 4.13. The second-order valence-electron chi connectivity index (χ2n) is 5.66. The molecule has 27 heavy (non-hydrogen) atoms. The third kappa shape index (κ3) is 4.99. The highest BCUT2D eigenvalue weighted by molar-refractivity contribution is 7.80. The number of hydrogen-bond donors (Lipinski definition) is 4. The normalized spacial score (nSPS) is 10.6. The molecule has 0 bridgehead atoms. The number of thiol groups is 1. The SMILES string of the molecule is O=C(CCS)Nc1cccc(-c2nc(NCc3c(F)cccc3Cl)n[nH]2)c1. The number of rotatable bonds is 7. The smallest absolute Gasteiger partial charge is 0.242 e. The van der Waals surface area contributed by atoms with Crippen LogP contribution in [0.15, 0.2) is 42.5 Å². The largest absolute Gasteiger partial charge is 0.349 e. The molecule has 1 amide bonds. The number of halogens is 2. The van der Waals surface area contributed by atoms with Crippen LogP contribution in [0.25, 0.3) is 11.4 Å². The number of anilines is 2. The summed E-state index contributed by atoms with van der Waals surface area (Å²) in [5, 5.41) is 13.0. The number of aromatic amines is 1. The molecule has 0 spiro atoms. The molecule has 0 radical (unpaired) electrons. The molecule has 0 aliphatic carbocycles. The molecule has 0 atom stereocenters. The lowest BCUT2D eigenvalue weighted by Gasteiger charge is -2.06. The number of amides is 1. The number of carbonyl (C=O) groups is 1. The summed E-state index contributed by atoms with van der Waals surface area (Å²) in [4.78, 5) is 16.0. The minimum absolute atomic E-state index is 0.108. The van der Waals surface area contributed by atoms with Gasteiger partial charge in [-0.2, -0.15) is 17.6 Å². The molecule has 0 aliphatic heterocycles. The van der Waals surface area contributed by atoms with Crippen molar-refractivity contribution in [3.05, 3.63) is 58.9 Å². The first-order valence-electron chi connectivity index (χ1n) is 8.17. The van der Waals surface area contributed by atoms with E-state index >= 15 is 0 Å². The number of carbonyl (C=O) groups excluding carboxylic acids is 1. The number of nitrogens with one attached hydrogen (secondary N) is 3. The van der Waals surface area contributed by atoms with Crippen LogP contribution in [0, 0.1) is 5.82 Å². The van der Waals surface area contributed by atoms with Crippen molar-refractivity contribution in [2.45, 2.75) is 13.0 Å². The van der Waals surface area contributed by atoms with Crippen molar-refractivity contribution in [1.29, 1.82) is 0 Å². The summed E-state index contributed by atoms with van der Waals surface area (Å²) in [7, 11) is 0. The maximum atomic E-state index is 13.8. The summed E-state index contributed by atoms with van der Waals surface area (Å²) in [6.07, 6.45) is 0.336. The Labute approximate surface area is 166 Å². The van der Waals surface area contributed by atoms with Crippen LogP contribution in [0.5, 0.6) is 0 Å². The maximum absolute atomic E-state index is 13.8. The molecule has 0 fully saturated rings. The predicted molar refractivity (Wildman–Crippen MR) is 108 cm³/mol. The Balaban J connectivity index is 1.69. The fourth-order valence-electron chi connectivity index (χ4n) is 2.41. The van der Waals surface area contributed by atoms with Crippen molar-refractivity contribution in [2.75, 3.05) is 16.4 Å². The van der Waals surface area contributed by atoms with Gasteiger partial charge in [-0.15, -0.1) is 5.10 Å². The van der Waals surface area contributed by atoms with Crippen molar-refractivity contribution in [3.8, 4) is 11.4 Å². The first-order chi connectivity index (χ1) is 13.1. The molecule has 3 aromatic rings. The molecule has 1 aromatic heterocycles. The number of nitrogens with zero attached hydrogens (tertiary/aromatic N) is 2. The standard InChI is InChI=1S/C18H17ClFN5OS/c19-14-5-2-6-15(20)13(14)10-21-18-23-17(24-25-18)11-3-1-4-12(9-11)22-16(26)7-8-27/h1-6,9,27H,7-8,10H2,(H,22,26)(H2,21,23,24,25). The van der Waals surface area contributed by atoms with Crippen molar-refractivity contribution in [2.24, 2.45) is 0 Å². The first kappa shape index (κ1) is 19.2. The zero-order valence-corrected chi connectivity index (χ0v) is 15.8. The Hall–Kier alpha value is -2.58. The van der Waals surface area contributed by atoms with Gasteiger partial charge in [0.1, 0.15) is 5.82 Å². The van der Waals surface area contributed by atoms with Gasteiger partial charge in [0.05, 0.1) is 0 Å². The van der Waals surface area contributed by atoms with E-state index in [2.05, 4.69) is 38.4 Å². The molecular weight excluding hydrogens is 389 g/mol. The zero-order valence-electron chi connectivity index (χ0n) is 14.2. The molecule has 9 heteroatoms. The molecule has 0 aliphatic rings. The highest BCUT2D eigenvalue weighted by Gasteiger charge is 2.10. The molecule has 0 saturated heterocycles. The Morgan fingerprint density at radius 2 is 2.07 bits per heavy atom. The number of aromatic nitrogens is 3. The van der Waals surface area contributed by atoms with Gasteiger partial charge in [0, 0.05) is 34.8 Å². The van der Waals surface area contributed by atoms with E-state index in [9.17, 15) is 9.18 Å². The molecular formula is C18H17ClFN5OS. The minimum atomic E-state index is -0.393. The summed E-state index contributed by atoms with van der Waals surface area (Å²) in [5.74, 6) is 0.810. The van der Waals surface area contributed by atoms with E-state index < -0.39 is 5.82 Å².